The number of urea groups is 1. The van der Waals surface area contributed by atoms with Crippen molar-refractivity contribution in [3.63, 3.8) is 0 Å². The molecule has 0 bridgehead atoms. The Morgan fingerprint density at radius 3 is 2.50 bits per heavy atom. The first-order valence-electron chi connectivity index (χ1n) is 10.3. The number of carbonyl (C=O) groups excluding carboxylic acids is 4. The molecule has 1 atom stereocenters. The third-order valence-corrected chi connectivity index (χ3v) is 5.79. The topological polar surface area (TPSA) is 108 Å². The van der Waals surface area contributed by atoms with Gasteiger partial charge in [0.1, 0.15) is 17.8 Å². The Morgan fingerprint density at radius 2 is 1.84 bits per heavy atom. The molecule has 2 aliphatic rings. The minimum absolute atomic E-state index is 0.00365. The summed E-state index contributed by atoms with van der Waals surface area (Å²) in [5.74, 6) is -0.436. The summed E-state index contributed by atoms with van der Waals surface area (Å²) in [6.45, 7) is 1.73. The molecule has 4 rings (SSSR count). The molecule has 0 aliphatic carbocycles. The lowest BCUT2D eigenvalue weighted by Gasteiger charge is -2.23. The number of benzene rings is 2. The zero-order chi connectivity index (χ0) is 22.9. The number of anilines is 2. The Balaban J connectivity index is 1.49. The van der Waals surface area contributed by atoms with Crippen LogP contribution in [0.1, 0.15) is 25.3 Å². The summed E-state index contributed by atoms with van der Waals surface area (Å²) in [5, 5.41) is 5.41. The maximum Gasteiger partial charge on any atom is 0.325 e. The standard InChI is InChI=1S/C23H24N4O5/c1-23(15-9-11-16(32-2)12-10-15)21(30)27(22(31)25-23)14-19(28)24-17-6-3-4-7-18(17)26-13-5-8-20(26)29/h3-4,6-7,9-12H,5,8,13-14H2,1-2H3,(H,24,28)(H,25,31). The number of nitrogens with one attached hydrogen (secondary N) is 2. The summed E-state index contributed by atoms with van der Waals surface area (Å²) in [7, 11) is 1.54. The van der Waals surface area contributed by atoms with Crippen molar-refractivity contribution in [3.05, 3.63) is 54.1 Å². The van der Waals surface area contributed by atoms with Crippen molar-refractivity contribution in [2.75, 3.05) is 30.4 Å². The molecule has 5 amide bonds. The van der Waals surface area contributed by atoms with Crippen molar-refractivity contribution in [1.82, 2.24) is 10.2 Å². The van der Waals surface area contributed by atoms with Crippen LogP contribution in [0.25, 0.3) is 0 Å². The molecule has 9 heteroatoms. The number of hydrogen-bond donors (Lipinski definition) is 2. The van der Waals surface area contributed by atoms with Gasteiger partial charge >= 0.3 is 6.03 Å². The molecule has 0 spiro atoms. The highest BCUT2D eigenvalue weighted by molar-refractivity contribution is 6.11. The van der Waals surface area contributed by atoms with E-state index in [1.165, 1.54) is 7.11 Å². The van der Waals surface area contributed by atoms with Gasteiger partial charge in [-0.15, -0.1) is 0 Å². The van der Waals surface area contributed by atoms with Gasteiger partial charge in [-0.1, -0.05) is 24.3 Å². The van der Waals surface area contributed by atoms with Gasteiger partial charge in [-0.05, 0) is 43.2 Å². The van der Waals surface area contributed by atoms with Crippen LogP contribution in [0.15, 0.2) is 48.5 Å². The normalized spacial score (nSPS) is 20.5. The largest absolute Gasteiger partial charge is 0.497 e. The van der Waals surface area contributed by atoms with Crippen LogP contribution < -0.4 is 20.3 Å². The molecule has 0 radical (unpaired) electrons. The van der Waals surface area contributed by atoms with Crippen LogP contribution in [-0.4, -0.2) is 48.9 Å². The van der Waals surface area contributed by atoms with Gasteiger partial charge in [-0.3, -0.25) is 19.3 Å². The van der Waals surface area contributed by atoms with E-state index in [0.717, 1.165) is 11.3 Å². The second-order valence-corrected chi connectivity index (χ2v) is 7.89. The molecule has 0 saturated carbocycles. The SMILES string of the molecule is COc1ccc(C2(C)NC(=O)N(CC(=O)Nc3ccccc3N3CCCC3=O)C2=O)cc1. The van der Waals surface area contributed by atoms with Crippen LogP contribution in [0.2, 0.25) is 0 Å². The summed E-state index contributed by atoms with van der Waals surface area (Å²) in [4.78, 5) is 53.0. The Kier molecular flexibility index (Phi) is 5.56. The smallest absolute Gasteiger partial charge is 0.325 e. The van der Waals surface area contributed by atoms with E-state index in [2.05, 4.69) is 10.6 Å². The van der Waals surface area contributed by atoms with Crippen LogP contribution >= 0.6 is 0 Å². The zero-order valence-corrected chi connectivity index (χ0v) is 17.9. The van der Waals surface area contributed by atoms with Gasteiger partial charge in [0.25, 0.3) is 5.91 Å². The predicted octanol–water partition coefficient (Wildman–Crippen LogP) is 2.23. The first-order chi connectivity index (χ1) is 15.3. The molecule has 2 aromatic rings. The third kappa shape index (κ3) is 3.77. The van der Waals surface area contributed by atoms with Gasteiger partial charge in [-0.25, -0.2) is 4.79 Å². The maximum atomic E-state index is 13.1. The van der Waals surface area contributed by atoms with Gasteiger partial charge < -0.3 is 20.3 Å². The fraction of sp³-hybridized carbons (Fsp3) is 0.304. The van der Waals surface area contributed by atoms with E-state index < -0.39 is 29.9 Å². The molecule has 2 aliphatic heterocycles. The van der Waals surface area contributed by atoms with Gasteiger partial charge in [-0.2, -0.15) is 0 Å². The minimum Gasteiger partial charge on any atom is -0.497 e. The van der Waals surface area contributed by atoms with Crippen molar-refractivity contribution in [1.29, 1.82) is 0 Å². The number of para-hydroxylation sites is 2. The highest BCUT2D eigenvalue weighted by Crippen LogP contribution is 2.31. The van der Waals surface area contributed by atoms with Crippen molar-refractivity contribution in [2.24, 2.45) is 0 Å². The second-order valence-electron chi connectivity index (χ2n) is 7.89. The van der Waals surface area contributed by atoms with Crippen LogP contribution in [-0.2, 0) is 19.9 Å². The van der Waals surface area contributed by atoms with E-state index in [1.54, 1.807) is 60.4 Å². The number of amides is 5. The molecule has 2 saturated heterocycles. The van der Waals surface area contributed by atoms with Crippen LogP contribution in [0.5, 0.6) is 5.75 Å². The van der Waals surface area contributed by atoms with E-state index in [4.69, 9.17) is 4.74 Å². The summed E-state index contributed by atoms with van der Waals surface area (Å²) >= 11 is 0. The van der Waals surface area contributed by atoms with E-state index >= 15 is 0 Å². The number of rotatable bonds is 6. The molecule has 2 aromatic carbocycles. The molecular weight excluding hydrogens is 412 g/mol. The minimum atomic E-state index is -1.29. The number of ether oxygens (including phenoxy) is 1. The highest BCUT2D eigenvalue weighted by Gasteiger charge is 2.49. The van der Waals surface area contributed by atoms with E-state index in [-0.39, 0.29) is 5.91 Å². The summed E-state index contributed by atoms with van der Waals surface area (Å²) in [6, 6.07) is 13.1. The Morgan fingerprint density at radius 1 is 1.12 bits per heavy atom. The van der Waals surface area contributed by atoms with Crippen LogP contribution in [0.3, 0.4) is 0 Å². The van der Waals surface area contributed by atoms with Crippen molar-refractivity contribution < 1.29 is 23.9 Å². The maximum absolute atomic E-state index is 13.1. The summed E-state index contributed by atoms with van der Waals surface area (Å²) in [6.07, 6.45) is 1.22. The molecule has 2 N–H and O–H groups in total. The van der Waals surface area contributed by atoms with Crippen molar-refractivity contribution >= 4 is 35.1 Å². The number of hydrogen-bond acceptors (Lipinski definition) is 5. The first-order valence-corrected chi connectivity index (χ1v) is 10.3. The Bertz CT molecular complexity index is 1080. The fourth-order valence-electron chi connectivity index (χ4n) is 4.01. The number of imide groups is 1. The van der Waals surface area contributed by atoms with Crippen LogP contribution in [0, 0.1) is 0 Å². The summed E-state index contributed by atoms with van der Waals surface area (Å²) in [5.41, 5.74) is 0.350. The van der Waals surface area contributed by atoms with Gasteiger partial charge in [0.05, 0.1) is 18.5 Å². The lowest BCUT2D eigenvalue weighted by molar-refractivity contribution is -0.133. The lowest BCUT2D eigenvalue weighted by Crippen LogP contribution is -2.42. The molecule has 1 unspecified atom stereocenters. The number of carbonyl (C=O) groups is 4. The molecule has 2 fully saturated rings. The quantitative estimate of drug-likeness (QED) is 0.675. The average molecular weight is 436 g/mol. The predicted molar refractivity (Wildman–Crippen MR) is 117 cm³/mol. The molecule has 166 valence electrons. The van der Waals surface area contributed by atoms with Gasteiger partial charge in [0.15, 0.2) is 0 Å². The number of nitrogens with zero attached hydrogens (tertiary/aromatic N) is 2. The summed E-state index contributed by atoms with van der Waals surface area (Å²) < 4.78 is 5.14. The first kappa shape index (κ1) is 21.4. The Hall–Kier alpha value is -3.88. The van der Waals surface area contributed by atoms with E-state index in [0.29, 0.717) is 35.7 Å². The monoisotopic (exact) mass is 436 g/mol. The highest BCUT2D eigenvalue weighted by atomic mass is 16.5. The molecule has 2 heterocycles. The Labute approximate surface area is 185 Å². The van der Waals surface area contributed by atoms with Crippen molar-refractivity contribution in [2.45, 2.75) is 25.3 Å². The molecule has 9 nitrogen and oxygen atoms in total. The number of methoxy groups -OCH3 is 1. The van der Waals surface area contributed by atoms with Gasteiger partial charge in [0.2, 0.25) is 11.8 Å². The average Bonchev–Trinajstić information content (AvgIpc) is 3.31. The van der Waals surface area contributed by atoms with Crippen LogP contribution in [0.4, 0.5) is 16.2 Å². The fourth-order valence-corrected chi connectivity index (χ4v) is 4.01. The lowest BCUT2D eigenvalue weighted by atomic mass is 9.92. The van der Waals surface area contributed by atoms with E-state index in [1.807, 2.05) is 0 Å². The van der Waals surface area contributed by atoms with E-state index in [9.17, 15) is 19.2 Å². The molecule has 32 heavy (non-hydrogen) atoms. The molecule has 0 aromatic heterocycles. The zero-order valence-electron chi connectivity index (χ0n) is 17.9. The second kappa shape index (κ2) is 8.33. The third-order valence-electron chi connectivity index (χ3n) is 5.79. The van der Waals surface area contributed by atoms with Crippen molar-refractivity contribution in [3.8, 4) is 5.75 Å². The van der Waals surface area contributed by atoms with Gasteiger partial charge in [0, 0.05) is 13.0 Å². The molecular formula is C23H24N4O5.